The molecule has 0 saturated heterocycles. The Kier molecular flexibility index (Phi) is 3.59. The van der Waals surface area contributed by atoms with Gasteiger partial charge in [-0.3, -0.25) is 15.7 Å². The molecule has 0 aliphatic rings. The number of hydrogen-bond acceptors (Lipinski definition) is 7. The summed E-state index contributed by atoms with van der Waals surface area (Å²) in [6.07, 6.45) is 6.08. The third-order valence-corrected chi connectivity index (χ3v) is 3.76. The van der Waals surface area contributed by atoms with E-state index in [9.17, 15) is 0 Å². The number of rotatable bonds is 5. The van der Waals surface area contributed by atoms with Crippen LogP contribution in [-0.2, 0) is 6.42 Å². The SMILES string of the molecule is COc1cc(C(Cc2cn3ccsc3n2)NN)ncn1. The lowest BCUT2D eigenvalue weighted by atomic mass is 10.1. The van der Waals surface area contributed by atoms with Gasteiger partial charge in [-0.2, -0.15) is 0 Å². The summed E-state index contributed by atoms with van der Waals surface area (Å²) < 4.78 is 7.09. The first-order valence-corrected chi connectivity index (χ1v) is 6.91. The molecule has 0 aliphatic heterocycles. The molecule has 0 bridgehead atoms. The monoisotopic (exact) mass is 290 g/mol. The van der Waals surface area contributed by atoms with E-state index in [0.717, 1.165) is 16.3 Å². The zero-order chi connectivity index (χ0) is 13.9. The van der Waals surface area contributed by atoms with Crippen LogP contribution in [-0.4, -0.2) is 26.5 Å². The van der Waals surface area contributed by atoms with Crippen molar-refractivity contribution in [1.29, 1.82) is 0 Å². The number of aromatic nitrogens is 4. The molecule has 20 heavy (non-hydrogen) atoms. The van der Waals surface area contributed by atoms with Crippen molar-refractivity contribution in [3.8, 4) is 5.88 Å². The van der Waals surface area contributed by atoms with Gasteiger partial charge in [0, 0.05) is 30.3 Å². The van der Waals surface area contributed by atoms with Crippen molar-refractivity contribution in [3.63, 3.8) is 0 Å². The number of ether oxygens (including phenoxy) is 1. The summed E-state index contributed by atoms with van der Waals surface area (Å²) in [5.74, 6) is 6.15. The maximum absolute atomic E-state index is 5.63. The lowest BCUT2D eigenvalue weighted by Gasteiger charge is -2.14. The molecule has 0 radical (unpaired) electrons. The van der Waals surface area contributed by atoms with Crippen molar-refractivity contribution in [1.82, 2.24) is 24.8 Å². The van der Waals surface area contributed by atoms with Crippen LogP contribution in [0.2, 0.25) is 0 Å². The third kappa shape index (κ3) is 2.48. The molecule has 104 valence electrons. The van der Waals surface area contributed by atoms with Crippen LogP contribution in [0.15, 0.2) is 30.2 Å². The summed E-state index contributed by atoms with van der Waals surface area (Å²) in [4.78, 5) is 13.7. The molecule has 3 N–H and O–H groups in total. The molecule has 0 amide bonds. The van der Waals surface area contributed by atoms with Crippen LogP contribution < -0.4 is 16.0 Å². The van der Waals surface area contributed by atoms with E-state index in [0.29, 0.717) is 12.3 Å². The topological polar surface area (TPSA) is 90.4 Å². The number of hydrogen-bond donors (Lipinski definition) is 2. The molecular formula is C12H14N6OS. The molecule has 3 aromatic rings. The number of thiazole rings is 1. The normalized spacial score (nSPS) is 12.7. The second-order valence-corrected chi connectivity index (χ2v) is 5.11. The first kappa shape index (κ1) is 13.0. The molecule has 1 unspecified atom stereocenters. The van der Waals surface area contributed by atoms with Gasteiger partial charge in [0.2, 0.25) is 5.88 Å². The van der Waals surface area contributed by atoms with E-state index in [4.69, 9.17) is 10.6 Å². The zero-order valence-electron chi connectivity index (χ0n) is 10.9. The van der Waals surface area contributed by atoms with Crippen LogP contribution in [0.25, 0.3) is 4.96 Å². The Morgan fingerprint density at radius 3 is 3.15 bits per heavy atom. The molecule has 1 atom stereocenters. The van der Waals surface area contributed by atoms with Gasteiger partial charge in [0.05, 0.1) is 24.5 Å². The third-order valence-electron chi connectivity index (χ3n) is 2.99. The van der Waals surface area contributed by atoms with Crippen LogP contribution >= 0.6 is 11.3 Å². The van der Waals surface area contributed by atoms with Crippen LogP contribution in [0.1, 0.15) is 17.4 Å². The first-order valence-electron chi connectivity index (χ1n) is 6.03. The van der Waals surface area contributed by atoms with Gasteiger partial charge >= 0.3 is 0 Å². The molecule has 0 aromatic carbocycles. The average Bonchev–Trinajstić information content (AvgIpc) is 3.05. The fraction of sp³-hybridized carbons (Fsp3) is 0.250. The summed E-state index contributed by atoms with van der Waals surface area (Å²) in [5.41, 5.74) is 4.49. The lowest BCUT2D eigenvalue weighted by Crippen LogP contribution is -2.30. The average molecular weight is 290 g/mol. The van der Waals surface area contributed by atoms with Gasteiger partial charge < -0.3 is 4.74 Å². The molecular weight excluding hydrogens is 276 g/mol. The maximum Gasteiger partial charge on any atom is 0.216 e. The second-order valence-electron chi connectivity index (χ2n) is 4.23. The second kappa shape index (κ2) is 5.53. The lowest BCUT2D eigenvalue weighted by molar-refractivity contribution is 0.393. The molecule has 8 heteroatoms. The van der Waals surface area contributed by atoms with Gasteiger partial charge in [0.1, 0.15) is 6.33 Å². The van der Waals surface area contributed by atoms with E-state index in [-0.39, 0.29) is 6.04 Å². The minimum Gasteiger partial charge on any atom is -0.481 e. The van der Waals surface area contributed by atoms with Crippen LogP contribution in [0.5, 0.6) is 5.88 Å². The molecule has 3 aromatic heterocycles. The highest BCUT2D eigenvalue weighted by molar-refractivity contribution is 7.15. The van der Waals surface area contributed by atoms with Crippen LogP contribution in [0.4, 0.5) is 0 Å². The predicted molar refractivity (Wildman–Crippen MR) is 75.4 cm³/mol. The highest BCUT2D eigenvalue weighted by Crippen LogP contribution is 2.19. The number of nitrogens with one attached hydrogen (secondary N) is 1. The number of methoxy groups -OCH3 is 1. The van der Waals surface area contributed by atoms with E-state index in [2.05, 4.69) is 20.4 Å². The Balaban J connectivity index is 1.83. The number of nitrogens with two attached hydrogens (primary N) is 1. The fourth-order valence-corrected chi connectivity index (χ4v) is 2.71. The molecule has 7 nitrogen and oxygen atoms in total. The van der Waals surface area contributed by atoms with Gasteiger partial charge in [0.15, 0.2) is 4.96 Å². The quantitative estimate of drug-likeness (QED) is 0.537. The molecule has 0 aliphatic carbocycles. The minimum atomic E-state index is -0.142. The number of fused-ring (bicyclic) bond motifs is 1. The Morgan fingerprint density at radius 1 is 1.50 bits per heavy atom. The highest BCUT2D eigenvalue weighted by Gasteiger charge is 2.15. The van der Waals surface area contributed by atoms with Crippen molar-refractivity contribution in [2.24, 2.45) is 5.84 Å². The Hall–Kier alpha value is -2.03. The first-order chi connectivity index (χ1) is 9.80. The van der Waals surface area contributed by atoms with Crippen molar-refractivity contribution in [2.45, 2.75) is 12.5 Å². The van der Waals surface area contributed by atoms with Gasteiger partial charge in [-0.1, -0.05) is 0 Å². The van der Waals surface area contributed by atoms with Gasteiger partial charge in [0.25, 0.3) is 0 Å². The largest absolute Gasteiger partial charge is 0.481 e. The predicted octanol–water partition coefficient (Wildman–Crippen LogP) is 0.942. The number of hydrazine groups is 1. The fourth-order valence-electron chi connectivity index (χ4n) is 1.99. The van der Waals surface area contributed by atoms with Crippen molar-refractivity contribution in [3.05, 3.63) is 41.6 Å². The van der Waals surface area contributed by atoms with E-state index in [1.807, 2.05) is 22.2 Å². The van der Waals surface area contributed by atoms with Gasteiger partial charge in [-0.15, -0.1) is 11.3 Å². The standard InChI is InChI=1S/C12H14N6OS/c1-19-11-5-9(14-7-15-11)10(17-13)4-8-6-18-2-3-20-12(18)16-8/h2-3,5-7,10,17H,4,13H2,1H3. The molecule has 0 spiro atoms. The summed E-state index contributed by atoms with van der Waals surface area (Å²) in [6, 6.07) is 1.62. The Morgan fingerprint density at radius 2 is 2.40 bits per heavy atom. The molecule has 0 fully saturated rings. The molecule has 0 saturated carbocycles. The van der Waals surface area contributed by atoms with E-state index < -0.39 is 0 Å². The molecule has 3 heterocycles. The number of imidazole rings is 1. The van der Waals surface area contributed by atoms with Crippen LogP contribution in [0.3, 0.4) is 0 Å². The van der Waals surface area contributed by atoms with Crippen molar-refractivity contribution in [2.75, 3.05) is 7.11 Å². The minimum absolute atomic E-state index is 0.142. The number of nitrogens with zero attached hydrogens (tertiary/aromatic N) is 4. The van der Waals surface area contributed by atoms with Crippen LogP contribution in [0, 0.1) is 0 Å². The van der Waals surface area contributed by atoms with E-state index in [1.165, 1.54) is 6.33 Å². The van der Waals surface area contributed by atoms with Gasteiger partial charge in [-0.05, 0) is 0 Å². The summed E-state index contributed by atoms with van der Waals surface area (Å²) in [6.45, 7) is 0. The smallest absolute Gasteiger partial charge is 0.216 e. The Bertz CT molecular complexity index is 680. The van der Waals surface area contributed by atoms with Crippen molar-refractivity contribution >= 4 is 16.3 Å². The zero-order valence-corrected chi connectivity index (χ0v) is 11.7. The van der Waals surface area contributed by atoms with E-state index >= 15 is 0 Å². The van der Waals surface area contributed by atoms with E-state index in [1.54, 1.807) is 24.5 Å². The van der Waals surface area contributed by atoms with Gasteiger partial charge in [-0.25, -0.2) is 15.0 Å². The Labute approximate surface area is 119 Å². The van der Waals surface area contributed by atoms with Crippen molar-refractivity contribution < 1.29 is 4.74 Å². The maximum atomic E-state index is 5.63. The summed E-state index contributed by atoms with van der Waals surface area (Å²) in [7, 11) is 1.57. The summed E-state index contributed by atoms with van der Waals surface area (Å²) >= 11 is 1.60. The summed E-state index contributed by atoms with van der Waals surface area (Å²) in [5, 5.41) is 2.00. The molecule has 3 rings (SSSR count). The highest BCUT2D eigenvalue weighted by atomic mass is 32.1.